The molecular weight excluding hydrogens is 668 g/mol. The number of nitrogens with zero attached hydrogens (tertiary/aromatic N) is 2. The minimum absolute atomic E-state index is 0.0246. The van der Waals surface area contributed by atoms with Gasteiger partial charge in [-0.15, -0.1) is 0 Å². The lowest BCUT2D eigenvalue weighted by molar-refractivity contribution is -0.0907. The highest BCUT2D eigenvalue weighted by atomic mass is 32.2. The summed E-state index contributed by atoms with van der Waals surface area (Å²) in [5, 5.41) is 17.5. The molecule has 3 N–H and O–H groups in total. The number of carbonyl (C=O) groups is 2. The lowest BCUT2D eigenvalue weighted by Gasteiger charge is -2.35. The van der Waals surface area contributed by atoms with Crippen molar-refractivity contribution < 1.29 is 46.8 Å². The van der Waals surface area contributed by atoms with Crippen LogP contribution < -0.4 is 15.4 Å². The van der Waals surface area contributed by atoms with E-state index in [1.54, 1.807) is 17.0 Å². The first-order chi connectivity index (χ1) is 23.9. The summed E-state index contributed by atoms with van der Waals surface area (Å²) in [6.07, 6.45) is -1.55. The van der Waals surface area contributed by atoms with Gasteiger partial charge in [-0.3, -0.25) is 0 Å². The number of ether oxygens (including phenoxy) is 5. The summed E-state index contributed by atoms with van der Waals surface area (Å²) in [6.45, 7) is 6.60. The standard InChI is InChI=1S/C35H50N4O10S/c1-35(2,14-15-36-33(41)38-16-19-46-20-17-38)24-39(50(43,44)27-11-9-26(45-3)10-12-27)22-30(40)29(21-25-7-5-4-6-8-25)37-34(42)49-31-23-48-32-28(31)13-18-47-32/h4-12,28-32,40H,13-24H2,1-3H3,(H,36,41)(H,37,42)/t28-,29-,30+,31-,32+/m0/s1. The second-order valence-electron chi connectivity index (χ2n) is 13.7. The van der Waals surface area contributed by atoms with E-state index in [1.807, 2.05) is 44.2 Å². The van der Waals surface area contributed by atoms with Crippen molar-refractivity contribution >= 4 is 22.1 Å². The number of benzene rings is 2. The third-order valence-electron chi connectivity index (χ3n) is 9.38. The molecule has 3 aliphatic heterocycles. The van der Waals surface area contributed by atoms with Crippen molar-refractivity contribution in [2.24, 2.45) is 11.3 Å². The fourth-order valence-corrected chi connectivity index (χ4v) is 8.09. The molecule has 0 bridgehead atoms. The number of aliphatic hydroxyl groups is 1. The molecule has 3 amide bonds. The molecule has 2 aromatic rings. The van der Waals surface area contributed by atoms with E-state index in [0.717, 1.165) is 5.56 Å². The van der Waals surface area contributed by atoms with E-state index in [4.69, 9.17) is 23.7 Å². The monoisotopic (exact) mass is 718 g/mol. The first-order valence-corrected chi connectivity index (χ1v) is 18.6. The Morgan fingerprint density at radius 2 is 1.78 bits per heavy atom. The summed E-state index contributed by atoms with van der Waals surface area (Å²) in [6, 6.07) is 14.3. The second-order valence-corrected chi connectivity index (χ2v) is 15.6. The van der Waals surface area contributed by atoms with Crippen LogP contribution in [0.15, 0.2) is 59.5 Å². The van der Waals surface area contributed by atoms with Crippen molar-refractivity contribution in [1.82, 2.24) is 19.8 Å². The van der Waals surface area contributed by atoms with Crippen LogP contribution in [0, 0.1) is 11.3 Å². The van der Waals surface area contributed by atoms with Gasteiger partial charge in [0.2, 0.25) is 10.0 Å². The average Bonchev–Trinajstić information content (AvgIpc) is 3.73. The quantitative estimate of drug-likeness (QED) is 0.249. The number of hydrogen-bond acceptors (Lipinski definition) is 10. The van der Waals surface area contributed by atoms with Crippen LogP contribution in [0.5, 0.6) is 5.75 Å². The normalized spacial score (nSPS) is 22.1. The Morgan fingerprint density at radius 1 is 1.06 bits per heavy atom. The Bertz CT molecular complexity index is 1510. The third kappa shape index (κ3) is 10.1. The Labute approximate surface area is 294 Å². The van der Waals surface area contributed by atoms with Crippen molar-refractivity contribution in [3.63, 3.8) is 0 Å². The van der Waals surface area contributed by atoms with E-state index >= 15 is 0 Å². The number of nitrogens with one attached hydrogen (secondary N) is 2. The molecule has 5 rings (SSSR count). The molecular formula is C35H50N4O10S. The zero-order valence-corrected chi connectivity index (χ0v) is 29.8. The Kier molecular flexibility index (Phi) is 13.0. The number of alkyl carbamates (subject to hydrolysis) is 1. The van der Waals surface area contributed by atoms with Gasteiger partial charge in [-0.25, -0.2) is 18.0 Å². The fourth-order valence-electron chi connectivity index (χ4n) is 6.44. The first kappa shape index (κ1) is 37.8. The summed E-state index contributed by atoms with van der Waals surface area (Å²) < 4.78 is 57.2. The van der Waals surface area contributed by atoms with Crippen LogP contribution in [0.3, 0.4) is 0 Å². The van der Waals surface area contributed by atoms with Crippen molar-refractivity contribution in [3.05, 3.63) is 60.2 Å². The molecule has 0 unspecified atom stereocenters. The Morgan fingerprint density at radius 3 is 2.48 bits per heavy atom. The topological polar surface area (TPSA) is 165 Å². The molecule has 3 fully saturated rings. The van der Waals surface area contributed by atoms with E-state index in [-0.39, 0.29) is 43.0 Å². The van der Waals surface area contributed by atoms with Gasteiger partial charge < -0.3 is 44.3 Å². The van der Waals surface area contributed by atoms with Crippen molar-refractivity contribution in [3.8, 4) is 5.75 Å². The summed E-state index contributed by atoms with van der Waals surface area (Å²) in [4.78, 5) is 27.6. The Balaban J connectivity index is 1.32. The Hall–Kier alpha value is -3.47. The largest absolute Gasteiger partial charge is 0.497 e. The molecule has 5 atom stereocenters. The molecule has 3 saturated heterocycles. The highest BCUT2D eigenvalue weighted by Gasteiger charge is 2.44. The molecule has 0 saturated carbocycles. The van der Waals surface area contributed by atoms with Crippen LogP contribution in [-0.4, -0.2) is 126 Å². The predicted molar refractivity (Wildman–Crippen MR) is 183 cm³/mol. The average molecular weight is 719 g/mol. The van der Waals surface area contributed by atoms with Gasteiger partial charge in [-0.1, -0.05) is 44.2 Å². The lowest BCUT2D eigenvalue weighted by atomic mass is 9.89. The zero-order valence-electron chi connectivity index (χ0n) is 29.0. The minimum atomic E-state index is -4.14. The summed E-state index contributed by atoms with van der Waals surface area (Å²) in [7, 11) is -2.65. The van der Waals surface area contributed by atoms with Gasteiger partial charge in [0.25, 0.3) is 0 Å². The van der Waals surface area contributed by atoms with Gasteiger partial charge in [0.15, 0.2) is 6.29 Å². The van der Waals surface area contributed by atoms with E-state index in [1.165, 1.54) is 23.5 Å². The predicted octanol–water partition coefficient (Wildman–Crippen LogP) is 2.60. The van der Waals surface area contributed by atoms with Gasteiger partial charge in [-0.2, -0.15) is 4.31 Å². The van der Waals surface area contributed by atoms with Crippen LogP contribution in [0.2, 0.25) is 0 Å². The number of hydrogen-bond donors (Lipinski definition) is 3. The number of rotatable bonds is 15. The highest BCUT2D eigenvalue weighted by molar-refractivity contribution is 7.89. The molecule has 276 valence electrons. The van der Waals surface area contributed by atoms with E-state index in [9.17, 15) is 23.1 Å². The third-order valence-corrected chi connectivity index (χ3v) is 11.2. The zero-order chi connectivity index (χ0) is 35.7. The van der Waals surface area contributed by atoms with Gasteiger partial charge in [0.1, 0.15) is 11.9 Å². The van der Waals surface area contributed by atoms with E-state index < -0.39 is 46.1 Å². The van der Waals surface area contributed by atoms with Gasteiger partial charge >= 0.3 is 12.1 Å². The van der Waals surface area contributed by atoms with Crippen molar-refractivity contribution in [2.45, 2.75) is 62.5 Å². The number of urea groups is 1. The maximum Gasteiger partial charge on any atom is 0.407 e. The molecule has 14 nitrogen and oxygen atoms in total. The molecule has 2 aromatic carbocycles. The molecule has 3 aliphatic rings. The second kappa shape index (κ2) is 17.2. The van der Waals surface area contributed by atoms with Gasteiger partial charge in [0, 0.05) is 32.7 Å². The molecule has 0 spiro atoms. The molecule has 0 aromatic heterocycles. The van der Waals surface area contributed by atoms with Gasteiger partial charge in [0.05, 0.1) is 56.5 Å². The van der Waals surface area contributed by atoms with E-state index in [0.29, 0.717) is 58.0 Å². The van der Waals surface area contributed by atoms with Crippen molar-refractivity contribution in [2.75, 3.05) is 66.3 Å². The van der Waals surface area contributed by atoms with Crippen LogP contribution >= 0.6 is 0 Å². The number of methoxy groups -OCH3 is 1. The fraction of sp³-hybridized carbons (Fsp3) is 0.600. The molecule has 3 heterocycles. The molecule has 0 aliphatic carbocycles. The maximum absolute atomic E-state index is 14.2. The number of amides is 3. The van der Waals surface area contributed by atoms with Crippen LogP contribution in [0.25, 0.3) is 0 Å². The number of sulfonamides is 1. The lowest BCUT2D eigenvalue weighted by Crippen LogP contribution is -2.52. The SMILES string of the molecule is COc1ccc(S(=O)(=O)N(C[C@@H](O)[C@H](Cc2ccccc2)NC(=O)O[C@H]2CO[C@H]3OCC[C@H]32)CC(C)(C)CCNC(=O)N2CCOCC2)cc1. The number of carbonyl (C=O) groups excluding carboxylic acids is 2. The smallest absolute Gasteiger partial charge is 0.407 e. The number of aliphatic hydroxyl groups excluding tert-OH is 1. The highest BCUT2D eigenvalue weighted by Crippen LogP contribution is 2.33. The summed E-state index contributed by atoms with van der Waals surface area (Å²) in [5.74, 6) is 0.435. The summed E-state index contributed by atoms with van der Waals surface area (Å²) >= 11 is 0. The van der Waals surface area contributed by atoms with Gasteiger partial charge in [-0.05, 0) is 54.5 Å². The van der Waals surface area contributed by atoms with Crippen LogP contribution in [-0.2, 0) is 35.4 Å². The minimum Gasteiger partial charge on any atom is -0.497 e. The summed E-state index contributed by atoms with van der Waals surface area (Å²) in [5.41, 5.74) is 0.215. The van der Waals surface area contributed by atoms with Crippen LogP contribution in [0.4, 0.5) is 9.59 Å². The molecule has 15 heteroatoms. The van der Waals surface area contributed by atoms with Crippen molar-refractivity contribution in [1.29, 1.82) is 0 Å². The maximum atomic E-state index is 14.2. The van der Waals surface area contributed by atoms with E-state index in [2.05, 4.69) is 10.6 Å². The number of fused-ring (bicyclic) bond motifs is 1. The number of morpholine rings is 1. The molecule has 50 heavy (non-hydrogen) atoms. The molecule has 0 radical (unpaired) electrons. The first-order valence-electron chi connectivity index (χ1n) is 17.1. The van der Waals surface area contributed by atoms with Crippen LogP contribution in [0.1, 0.15) is 32.3 Å².